The maximum Gasteiger partial charge on any atom is 0.144 e. The first kappa shape index (κ1) is 11.2. The van der Waals surface area contributed by atoms with Crippen molar-refractivity contribution < 1.29 is 4.74 Å². The summed E-state index contributed by atoms with van der Waals surface area (Å²) in [6, 6.07) is 0. The normalized spacial score (nSPS) is 24.2. The number of H-pyrrole nitrogens is 1. The Labute approximate surface area is 102 Å². The standard InChI is InChI=1S/C10H13BrN2OS/c1-5-3-6(5)9-12-7(4-14-2)8(11)10(15)13-9/h5-6H,3-4H2,1-2H3,(H,12,13,15). The van der Waals surface area contributed by atoms with E-state index in [-0.39, 0.29) is 0 Å². The van der Waals surface area contributed by atoms with Crippen LogP contribution >= 0.6 is 28.1 Å². The summed E-state index contributed by atoms with van der Waals surface area (Å²) in [5.41, 5.74) is 0.978. The van der Waals surface area contributed by atoms with E-state index < -0.39 is 0 Å². The van der Waals surface area contributed by atoms with Gasteiger partial charge in [-0.25, -0.2) is 4.98 Å². The second-order valence-corrected chi connectivity index (χ2v) is 5.15. The highest BCUT2D eigenvalue weighted by Gasteiger charge is 2.36. The molecule has 2 atom stereocenters. The van der Waals surface area contributed by atoms with Crippen molar-refractivity contribution in [2.45, 2.75) is 25.9 Å². The third-order valence-electron chi connectivity index (χ3n) is 2.70. The van der Waals surface area contributed by atoms with E-state index >= 15 is 0 Å². The van der Waals surface area contributed by atoms with Gasteiger partial charge in [0.05, 0.1) is 16.8 Å². The number of aromatic nitrogens is 2. The zero-order chi connectivity index (χ0) is 11.0. The topological polar surface area (TPSA) is 37.9 Å². The summed E-state index contributed by atoms with van der Waals surface area (Å²) in [7, 11) is 1.67. The van der Waals surface area contributed by atoms with Gasteiger partial charge in [-0.2, -0.15) is 0 Å². The molecule has 0 spiro atoms. The van der Waals surface area contributed by atoms with Crippen molar-refractivity contribution in [3.8, 4) is 0 Å². The van der Waals surface area contributed by atoms with Gasteiger partial charge in [0, 0.05) is 13.0 Å². The number of rotatable bonds is 3. The minimum atomic E-state index is 0.529. The lowest BCUT2D eigenvalue weighted by atomic mass is 10.3. The third kappa shape index (κ3) is 2.29. The highest BCUT2D eigenvalue weighted by Crippen LogP contribution is 2.45. The Morgan fingerprint density at radius 2 is 2.33 bits per heavy atom. The van der Waals surface area contributed by atoms with E-state index in [4.69, 9.17) is 17.0 Å². The molecule has 1 fully saturated rings. The third-order valence-corrected chi connectivity index (χ3v) is 4.12. The summed E-state index contributed by atoms with van der Waals surface area (Å²) in [5.74, 6) is 2.28. The van der Waals surface area contributed by atoms with E-state index in [1.165, 1.54) is 6.42 Å². The molecule has 3 nitrogen and oxygen atoms in total. The fraction of sp³-hybridized carbons (Fsp3) is 0.600. The Balaban J connectivity index is 2.37. The molecule has 2 unspecified atom stereocenters. The predicted octanol–water partition coefficient (Wildman–Crippen LogP) is 3.17. The summed E-state index contributed by atoms with van der Waals surface area (Å²) >= 11 is 8.62. The van der Waals surface area contributed by atoms with Gasteiger partial charge in [-0.05, 0) is 28.3 Å². The maximum atomic E-state index is 5.19. The smallest absolute Gasteiger partial charge is 0.144 e. The number of nitrogens with one attached hydrogen (secondary N) is 1. The van der Waals surface area contributed by atoms with Gasteiger partial charge in [-0.15, -0.1) is 0 Å². The Hall–Kier alpha value is -0.260. The van der Waals surface area contributed by atoms with Crippen molar-refractivity contribution in [1.82, 2.24) is 9.97 Å². The van der Waals surface area contributed by atoms with Crippen LogP contribution in [0.15, 0.2) is 4.47 Å². The van der Waals surface area contributed by atoms with Gasteiger partial charge < -0.3 is 9.72 Å². The number of hydrogen-bond acceptors (Lipinski definition) is 3. The second kappa shape index (κ2) is 4.31. The molecule has 0 aromatic carbocycles. The fourth-order valence-corrected chi connectivity index (χ4v) is 2.17. The highest BCUT2D eigenvalue weighted by molar-refractivity contribution is 9.10. The maximum absolute atomic E-state index is 5.19. The molecule has 1 N–H and O–H groups in total. The lowest BCUT2D eigenvalue weighted by Gasteiger charge is -2.07. The van der Waals surface area contributed by atoms with E-state index in [2.05, 4.69) is 32.8 Å². The van der Waals surface area contributed by atoms with E-state index in [1.807, 2.05) is 0 Å². The molecule has 1 aliphatic carbocycles. The van der Waals surface area contributed by atoms with Crippen molar-refractivity contribution in [1.29, 1.82) is 0 Å². The fourth-order valence-electron chi connectivity index (χ4n) is 1.65. The number of hydrogen-bond donors (Lipinski definition) is 1. The molecular formula is C10H13BrN2OS. The largest absolute Gasteiger partial charge is 0.378 e. The summed E-state index contributed by atoms with van der Waals surface area (Å²) < 4.78 is 6.57. The molecule has 0 amide bonds. The first-order valence-electron chi connectivity index (χ1n) is 4.91. The molecule has 5 heteroatoms. The molecule has 1 aromatic heterocycles. The van der Waals surface area contributed by atoms with Gasteiger partial charge in [0.1, 0.15) is 10.5 Å². The zero-order valence-electron chi connectivity index (χ0n) is 8.71. The Morgan fingerprint density at radius 3 is 2.87 bits per heavy atom. The van der Waals surface area contributed by atoms with Gasteiger partial charge in [0.25, 0.3) is 0 Å². The van der Waals surface area contributed by atoms with E-state index in [1.54, 1.807) is 7.11 Å². The molecule has 0 bridgehead atoms. The molecule has 15 heavy (non-hydrogen) atoms. The molecule has 1 saturated carbocycles. The summed E-state index contributed by atoms with van der Waals surface area (Å²) in [4.78, 5) is 7.68. The quantitative estimate of drug-likeness (QED) is 0.868. The van der Waals surface area contributed by atoms with Crippen LogP contribution in [0.2, 0.25) is 0 Å². The summed E-state index contributed by atoms with van der Waals surface area (Å²) in [5, 5.41) is 0. The number of nitrogens with zero attached hydrogens (tertiary/aromatic N) is 1. The zero-order valence-corrected chi connectivity index (χ0v) is 11.1. The number of ether oxygens (including phenoxy) is 1. The van der Waals surface area contributed by atoms with Crippen molar-refractivity contribution in [3.63, 3.8) is 0 Å². The van der Waals surface area contributed by atoms with Crippen LogP contribution in [0.3, 0.4) is 0 Å². The van der Waals surface area contributed by atoms with Crippen molar-refractivity contribution >= 4 is 28.1 Å². The Morgan fingerprint density at radius 1 is 1.67 bits per heavy atom. The highest BCUT2D eigenvalue weighted by atomic mass is 79.9. The first-order chi connectivity index (χ1) is 7.13. The Kier molecular flexibility index (Phi) is 3.23. The number of halogens is 1. The van der Waals surface area contributed by atoms with Crippen LogP contribution in [0.25, 0.3) is 0 Å². The van der Waals surface area contributed by atoms with Crippen molar-refractivity contribution in [2.24, 2.45) is 5.92 Å². The molecule has 1 aromatic rings. The molecule has 2 rings (SSSR count). The van der Waals surface area contributed by atoms with Crippen LogP contribution in [0, 0.1) is 10.6 Å². The van der Waals surface area contributed by atoms with Crippen LogP contribution in [0.1, 0.15) is 30.8 Å². The average molecular weight is 289 g/mol. The summed E-state index contributed by atoms with van der Waals surface area (Å²) in [6.45, 7) is 2.75. The second-order valence-electron chi connectivity index (χ2n) is 3.97. The minimum Gasteiger partial charge on any atom is -0.378 e. The van der Waals surface area contributed by atoms with Gasteiger partial charge in [-0.3, -0.25) is 0 Å². The SMILES string of the molecule is COCc1[nH]c(C2CC2C)nc(=S)c1Br. The van der Waals surface area contributed by atoms with Crippen molar-refractivity contribution in [2.75, 3.05) is 7.11 Å². The predicted molar refractivity (Wildman–Crippen MR) is 64.4 cm³/mol. The number of methoxy groups -OCH3 is 1. The van der Waals surface area contributed by atoms with Crippen molar-refractivity contribution in [3.05, 3.63) is 20.6 Å². The van der Waals surface area contributed by atoms with E-state index in [0.717, 1.165) is 21.9 Å². The summed E-state index contributed by atoms with van der Waals surface area (Å²) in [6.07, 6.45) is 1.20. The lowest BCUT2D eigenvalue weighted by Crippen LogP contribution is -2.02. The van der Waals surface area contributed by atoms with Crippen LogP contribution in [0.5, 0.6) is 0 Å². The van der Waals surface area contributed by atoms with Gasteiger partial charge >= 0.3 is 0 Å². The monoisotopic (exact) mass is 288 g/mol. The molecule has 0 aliphatic heterocycles. The van der Waals surface area contributed by atoms with Gasteiger partial charge in [0.15, 0.2) is 0 Å². The first-order valence-corrected chi connectivity index (χ1v) is 6.11. The molecular weight excluding hydrogens is 276 g/mol. The lowest BCUT2D eigenvalue weighted by molar-refractivity contribution is 0.180. The molecule has 1 aliphatic rings. The molecule has 0 radical (unpaired) electrons. The van der Waals surface area contributed by atoms with Gasteiger partial charge in [0.2, 0.25) is 0 Å². The molecule has 82 valence electrons. The van der Waals surface area contributed by atoms with Crippen LogP contribution in [-0.2, 0) is 11.3 Å². The van der Waals surface area contributed by atoms with Crippen LogP contribution in [0.4, 0.5) is 0 Å². The van der Waals surface area contributed by atoms with E-state index in [0.29, 0.717) is 17.2 Å². The minimum absolute atomic E-state index is 0.529. The average Bonchev–Trinajstić information content (AvgIpc) is 2.91. The Bertz CT molecular complexity index is 432. The molecule has 0 saturated heterocycles. The van der Waals surface area contributed by atoms with Crippen LogP contribution < -0.4 is 0 Å². The number of aromatic amines is 1. The van der Waals surface area contributed by atoms with Gasteiger partial charge in [-0.1, -0.05) is 19.1 Å². The van der Waals surface area contributed by atoms with Crippen LogP contribution in [-0.4, -0.2) is 17.1 Å². The van der Waals surface area contributed by atoms with E-state index in [9.17, 15) is 0 Å². The molecule has 1 heterocycles.